The molecule has 0 amide bonds. The minimum absolute atomic E-state index is 0.0458. The number of benzene rings is 3. The number of carbonyl (C=O) groups excluding carboxylic acids is 3. The summed E-state index contributed by atoms with van der Waals surface area (Å²) in [6.45, 7) is 9.06. The maximum absolute atomic E-state index is 16.6. The van der Waals surface area contributed by atoms with Crippen molar-refractivity contribution in [2.24, 2.45) is 37.1 Å². The van der Waals surface area contributed by atoms with Gasteiger partial charge in [0.15, 0.2) is 69.8 Å². The van der Waals surface area contributed by atoms with E-state index in [1.165, 1.54) is 78.0 Å². The number of H-pyrrole nitrogens is 3. The van der Waals surface area contributed by atoms with Gasteiger partial charge in [0.25, 0.3) is 0 Å². The van der Waals surface area contributed by atoms with Crippen LogP contribution in [0.3, 0.4) is 0 Å². The summed E-state index contributed by atoms with van der Waals surface area (Å²) in [6, 6.07) is 7.21. The molecule has 0 aliphatic carbocycles. The minimum Gasteiger partial charge on any atom is -0.469 e. The smallest absolute Gasteiger partial charge is 0.306 e. The molecular formula is C66H51F15N6O6. The first-order valence-corrected chi connectivity index (χ1v) is 28.1. The molecule has 0 radical (unpaired) electrons. The molecule has 27 heteroatoms. The molecule has 0 saturated heterocycles. The number of hydrogen-bond donors (Lipinski definition) is 3. The zero-order chi connectivity index (χ0) is 68.0. The van der Waals surface area contributed by atoms with Crippen molar-refractivity contribution in [3.8, 4) is 0 Å². The quantitative estimate of drug-likeness (QED) is 0.0363. The predicted molar refractivity (Wildman–Crippen MR) is 308 cm³/mol. The van der Waals surface area contributed by atoms with Gasteiger partial charge in [-0.3, -0.25) is 29.4 Å². The number of esters is 3. The highest BCUT2D eigenvalue weighted by molar-refractivity contribution is 6.20. The Kier molecular flexibility index (Phi) is 17.4. The van der Waals surface area contributed by atoms with Gasteiger partial charge in [0.2, 0.25) is 17.5 Å². The lowest BCUT2D eigenvalue weighted by Crippen LogP contribution is -2.37. The molecule has 6 aromatic rings. The summed E-state index contributed by atoms with van der Waals surface area (Å²) < 4.78 is 253. The largest absolute Gasteiger partial charge is 0.469 e. The molecule has 4 aliphatic rings. The Bertz CT molecular complexity index is 4430. The number of aromatic nitrogens is 3. The van der Waals surface area contributed by atoms with Crippen molar-refractivity contribution >= 4 is 51.8 Å². The number of carbonyl (C=O) groups is 3. The monoisotopic (exact) mass is 1310 g/mol. The number of hydrogen-bond acceptors (Lipinski definition) is 9. The van der Waals surface area contributed by atoms with Crippen molar-refractivity contribution in [2.45, 2.75) is 72.6 Å². The van der Waals surface area contributed by atoms with E-state index in [-0.39, 0.29) is 34.2 Å². The highest BCUT2D eigenvalue weighted by Gasteiger charge is 2.45. The van der Waals surface area contributed by atoms with Crippen LogP contribution < -0.4 is 0 Å². The van der Waals surface area contributed by atoms with E-state index in [1.807, 2.05) is 0 Å². The number of rotatable bonds is 12. The van der Waals surface area contributed by atoms with Crippen LogP contribution in [-0.4, -0.2) is 71.3 Å². The van der Waals surface area contributed by atoms with Crippen LogP contribution in [0, 0.1) is 109 Å². The molecule has 7 heterocycles. The van der Waals surface area contributed by atoms with Gasteiger partial charge in [0.1, 0.15) is 0 Å². The SMILES string of the molecule is COC(=O)CC(C)(C)[C@H]1C2=N/C(=C(/c3c(F)c(F)c(F)c(F)c3F)c3ccc([nH]3)[C@@H](C(C)(C)CC(=O)OC)c3ccc([nH]3)/C(c3c(F)c(F)c(F)c(F)c3F)=C3/C=CC(=N3)[C@@H](C(C)(C)CC(=O)OC)c3ccc([nH]3)/C(c3c(F)c(F)c(F)c(F)c3F)=C3/C=CC1=N3)C=C2. The number of methoxy groups -OCH3 is 3. The van der Waals surface area contributed by atoms with Gasteiger partial charge in [-0.1, -0.05) is 41.5 Å². The van der Waals surface area contributed by atoms with Crippen LogP contribution >= 0.6 is 0 Å². The van der Waals surface area contributed by atoms with Gasteiger partial charge in [0.05, 0.1) is 91.5 Å². The van der Waals surface area contributed by atoms with Crippen molar-refractivity contribution in [3.63, 3.8) is 0 Å². The summed E-state index contributed by atoms with van der Waals surface area (Å²) in [5.74, 6) is -42.8. The normalized spacial score (nSPS) is 19.9. The average molecular weight is 1310 g/mol. The number of aliphatic imine (C=N–C) groups is 3. The zero-order valence-electron chi connectivity index (χ0n) is 50.2. The lowest BCUT2D eigenvalue weighted by atomic mass is 9.71. The summed E-state index contributed by atoms with van der Waals surface area (Å²) in [6.07, 6.45) is 5.47. The molecule has 0 unspecified atom stereocenters. The Morgan fingerprint density at radius 2 is 0.570 bits per heavy atom. The Morgan fingerprint density at radius 1 is 0.344 bits per heavy atom. The number of nitrogens with one attached hydrogen (secondary N) is 3. The third-order valence-corrected chi connectivity index (χ3v) is 16.7. The van der Waals surface area contributed by atoms with Crippen LogP contribution in [-0.2, 0) is 28.6 Å². The van der Waals surface area contributed by atoms with E-state index in [1.54, 1.807) is 0 Å². The number of ether oxygens (including phenoxy) is 3. The summed E-state index contributed by atoms with van der Waals surface area (Å²) >= 11 is 0. The standard InChI is InChI=1S/C66H51F15N6O6/c1-64(2,22-37(88)91-7)46-31-16-10-25(82-31)40(43-49(67)55(73)61(79)56(74)50(43)68)27-12-18-33(84-27)47(65(3,4)23-38(89)92-8)35-20-14-29(86-35)42(45-53(71)59(77)63(81)60(78)54(45)72)30-15-21-36(87-30)48(66(5,6)24-39(90)93-9)34-19-13-28(85-34)41(26-11-17-32(46)83-26)44-51(69)57(75)62(80)58(76)52(44)70/h10-21,46-48,82-83,86H,22-24H2,1-9H3/b40-27+,41-28+,42-30+/t46-,47+,48-/m0/s1. The highest BCUT2D eigenvalue weighted by Crippen LogP contribution is 2.49. The number of fused-ring (bicyclic) bond motifs is 9. The fourth-order valence-electron chi connectivity index (χ4n) is 12.5. The van der Waals surface area contributed by atoms with E-state index in [0.29, 0.717) is 0 Å². The van der Waals surface area contributed by atoms with Gasteiger partial charge < -0.3 is 29.2 Å². The van der Waals surface area contributed by atoms with Crippen molar-refractivity contribution in [3.05, 3.63) is 228 Å². The molecule has 3 aromatic heterocycles. The van der Waals surface area contributed by atoms with E-state index in [0.717, 1.165) is 57.8 Å². The second kappa shape index (κ2) is 24.4. The van der Waals surface area contributed by atoms with Crippen LogP contribution in [0.1, 0.15) is 123 Å². The predicted octanol–water partition coefficient (Wildman–Crippen LogP) is 15.4. The van der Waals surface area contributed by atoms with Crippen molar-refractivity contribution in [1.29, 1.82) is 0 Å². The van der Waals surface area contributed by atoms with Gasteiger partial charge in [-0.15, -0.1) is 0 Å². The van der Waals surface area contributed by atoms with E-state index < -0.39 is 226 Å². The van der Waals surface area contributed by atoms with Crippen LogP contribution in [0.2, 0.25) is 0 Å². The van der Waals surface area contributed by atoms with Crippen molar-refractivity contribution < 1.29 is 94.5 Å². The molecule has 486 valence electrons. The Morgan fingerprint density at radius 3 is 0.839 bits per heavy atom. The summed E-state index contributed by atoms with van der Waals surface area (Å²) in [7, 11) is 3.19. The summed E-state index contributed by atoms with van der Waals surface area (Å²) in [5, 5.41) is 0. The molecule has 3 aromatic carbocycles. The van der Waals surface area contributed by atoms with E-state index in [9.17, 15) is 27.6 Å². The summed E-state index contributed by atoms with van der Waals surface area (Å²) in [5.41, 5.74) is -15.2. The molecule has 0 spiro atoms. The van der Waals surface area contributed by atoms with Crippen LogP contribution in [0.5, 0.6) is 0 Å². The first kappa shape index (κ1) is 66.2. The lowest BCUT2D eigenvalue weighted by Gasteiger charge is -2.33. The Labute approximate surface area is 518 Å². The molecule has 10 rings (SSSR count). The molecule has 3 N–H and O–H groups in total. The fourth-order valence-corrected chi connectivity index (χ4v) is 12.5. The molecule has 12 bridgehead atoms. The number of allylic oxidation sites excluding steroid dienone is 6. The minimum atomic E-state index is -2.55. The van der Waals surface area contributed by atoms with Crippen molar-refractivity contribution in [1.82, 2.24) is 15.0 Å². The average Bonchev–Trinajstić information content (AvgIpc) is 1.69. The number of halogens is 15. The van der Waals surface area contributed by atoms with Crippen LogP contribution in [0.15, 0.2) is 105 Å². The Balaban J connectivity index is 1.37. The van der Waals surface area contributed by atoms with Crippen molar-refractivity contribution in [2.75, 3.05) is 21.3 Å². The second-order valence-corrected chi connectivity index (χ2v) is 24.2. The zero-order valence-corrected chi connectivity index (χ0v) is 50.2. The maximum atomic E-state index is 16.6. The topological polar surface area (TPSA) is 163 Å². The van der Waals surface area contributed by atoms with Gasteiger partial charge >= 0.3 is 17.9 Å². The third kappa shape index (κ3) is 11.5. The van der Waals surface area contributed by atoms with Crippen LogP contribution in [0.4, 0.5) is 65.9 Å². The fraction of sp³-hybridized carbons (Fsp3) is 0.273. The molecule has 0 saturated carbocycles. The van der Waals surface area contributed by atoms with Gasteiger partial charge in [-0.05, 0) is 89.1 Å². The van der Waals surface area contributed by atoms with E-state index >= 15 is 52.7 Å². The third-order valence-electron chi connectivity index (χ3n) is 16.7. The lowest BCUT2D eigenvalue weighted by molar-refractivity contribution is -0.144. The molecule has 3 atom stereocenters. The van der Waals surface area contributed by atoms with Crippen LogP contribution in [0.25, 0.3) is 16.7 Å². The maximum Gasteiger partial charge on any atom is 0.306 e. The first-order valence-electron chi connectivity index (χ1n) is 28.1. The summed E-state index contributed by atoms with van der Waals surface area (Å²) in [4.78, 5) is 62.7. The van der Waals surface area contributed by atoms with Gasteiger partial charge in [0, 0.05) is 68.6 Å². The molecule has 0 fully saturated rings. The van der Waals surface area contributed by atoms with Gasteiger partial charge in [-0.25, -0.2) is 65.9 Å². The molecular weight excluding hydrogens is 1260 g/mol. The second-order valence-electron chi connectivity index (χ2n) is 24.2. The van der Waals surface area contributed by atoms with E-state index in [2.05, 4.69) is 24.9 Å². The molecule has 93 heavy (non-hydrogen) atoms. The Hall–Kier alpha value is -9.69. The number of aromatic amines is 3. The molecule has 4 aliphatic heterocycles. The van der Waals surface area contributed by atoms with E-state index in [4.69, 9.17) is 19.2 Å². The first-order chi connectivity index (χ1) is 43.7. The highest BCUT2D eigenvalue weighted by atomic mass is 19.2. The molecule has 12 nitrogen and oxygen atoms in total. The number of nitrogens with zero attached hydrogens (tertiary/aromatic N) is 3. The van der Waals surface area contributed by atoms with Gasteiger partial charge in [-0.2, -0.15) is 0 Å².